The Morgan fingerprint density at radius 1 is 1.00 bits per heavy atom. The molecule has 0 unspecified atom stereocenters. The predicted octanol–water partition coefficient (Wildman–Crippen LogP) is 0.948. The van der Waals surface area contributed by atoms with Crippen molar-refractivity contribution in [1.29, 1.82) is 0 Å². The van der Waals surface area contributed by atoms with E-state index in [0.717, 1.165) is 44.0 Å². The minimum atomic E-state index is -1.82. The molecular weight excluding hydrogens is 316 g/mol. The van der Waals surface area contributed by atoms with Crippen molar-refractivity contribution in [2.75, 3.05) is 32.8 Å². The summed E-state index contributed by atoms with van der Waals surface area (Å²) in [5.41, 5.74) is 5.38. The Labute approximate surface area is 141 Å². The predicted molar refractivity (Wildman–Crippen MR) is 89.5 cm³/mol. The highest BCUT2D eigenvalue weighted by Crippen LogP contribution is 2.17. The second-order valence-corrected chi connectivity index (χ2v) is 4.61. The Kier molecular flexibility index (Phi) is 12.9. The van der Waals surface area contributed by atoms with E-state index < -0.39 is 11.9 Å². The largest absolute Gasteiger partial charge is 0.494 e. The van der Waals surface area contributed by atoms with Crippen molar-refractivity contribution >= 4 is 11.9 Å². The number of ether oxygens (including phenoxy) is 2. The van der Waals surface area contributed by atoms with Gasteiger partial charge in [-0.25, -0.2) is 9.59 Å². The average molecular weight is 342 g/mol. The molecule has 1 aromatic carbocycles. The van der Waals surface area contributed by atoms with Crippen molar-refractivity contribution in [2.45, 2.75) is 19.8 Å². The molecule has 0 fully saturated rings. The van der Waals surface area contributed by atoms with E-state index in [4.69, 9.17) is 35.0 Å². The zero-order valence-electron chi connectivity index (χ0n) is 13.9. The number of carboxylic acid groups (broad SMARTS) is 2. The molecule has 8 nitrogen and oxygen atoms in total. The Bertz CT molecular complexity index is 452. The lowest BCUT2D eigenvalue weighted by Gasteiger charge is -2.08. The fourth-order valence-corrected chi connectivity index (χ4v) is 1.57. The molecule has 0 aromatic heterocycles. The van der Waals surface area contributed by atoms with Gasteiger partial charge in [0.15, 0.2) is 0 Å². The van der Waals surface area contributed by atoms with Gasteiger partial charge in [-0.3, -0.25) is 0 Å². The van der Waals surface area contributed by atoms with Gasteiger partial charge in [0.25, 0.3) is 0 Å². The number of aliphatic carboxylic acids is 2. The van der Waals surface area contributed by atoms with Gasteiger partial charge in [0, 0.05) is 13.1 Å². The zero-order chi connectivity index (χ0) is 18.2. The Hall–Kier alpha value is -2.32. The van der Waals surface area contributed by atoms with Crippen LogP contribution in [0.4, 0.5) is 0 Å². The van der Waals surface area contributed by atoms with Crippen LogP contribution in [0.25, 0.3) is 0 Å². The van der Waals surface area contributed by atoms with Crippen molar-refractivity contribution in [2.24, 2.45) is 5.73 Å². The lowest BCUT2D eigenvalue weighted by atomic mass is 10.3. The molecule has 5 N–H and O–H groups in total. The number of hydrogen-bond acceptors (Lipinski definition) is 6. The van der Waals surface area contributed by atoms with E-state index in [1.807, 2.05) is 31.2 Å². The number of carbonyl (C=O) groups is 2. The second-order valence-electron chi connectivity index (χ2n) is 4.61. The van der Waals surface area contributed by atoms with Crippen LogP contribution in [0.15, 0.2) is 24.3 Å². The number of rotatable bonds is 10. The molecule has 0 amide bonds. The summed E-state index contributed by atoms with van der Waals surface area (Å²) in [6.45, 7) is 6.00. The van der Waals surface area contributed by atoms with Crippen molar-refractivity contribution in [3.8, 4) is 11.5 Å². The third-order valence-electron chi connectivity index (χ3n) is 2.66. The topological polar surface area (TPSA) is 131 Å². The van der Waals surface area contributed by atoms with Crippen LogP contribution >= 0.6 is 0 Å². The minimum Gasteiger partial charge on any atom is -0.494 e. The van der Waals surface area contributed by atoms with Gasteiger partial charge < -0.3 is 30.7 Å². The van der Waals surface area contributed by atoms with Crippen molar-refractivity contribution in [1.82, 2.24) is 5.32 Å². The van der Waals surface area contributed by atoms with Gasteiger partial charge in [-0.15, -0.1) is 0 Å². The molecule has 0 saturated heterocycles. The number of hydrogen-bond donors (Lipinski definition) is 4. The van der Waals surface area contributed by atoms with Gasteiger partial charge >= 0.3 is 11.9 Å². The monoisotopic (exact) mass is 342 g/mol. The molecule has 24 heavy (non-hydrogen) atoms. The van der Waals surface area contributed by atoms with Crippen LogP contribution in [0.2, 0.25) is 0 Å². The van der Waals surface area contributed by atoms with E-state index in [9.17, 15) is 0 Å². The summed E-state index contributed by atoms with van der Waals surface area (Å²) in [4.78, 5) is 18.2. The van der Waals surface area contributed by atoms with E-state index in [1.54, 1.807) is 0 Å². The smallest absolute Gasteiger partial charge is 0.414 e. The van der Waals surface area contributed by atoms with Gasteiger partial charge in [-0.2, -0.15) is 0 Å². The van der Waals surface area contributed by atoms with Gasteiger partial charge in [-0.05, 0) is 50.6 Å². The third-order valence-corrected chi connectivity index (χ3v) is 2.66. The second kappa shape index (κ2) is 14.3. The lowest BCUT2D eigenvalue weighted by molar-refractivity contribution is -0.159. The van der Waals surface area contributed by atoms with E-state index in [-0.39, 0.29) is 0 Å². The molecule has 0 saturated carbocycles. The number of unbranched alkanes of at least 4 members (excludes halogenated alkanes) is 1. The first-order chi connectivity index (χ1) is 11.5. The molecule has 136 valence electrons. The van der Waals surface area contributed by atoms with Crippen LogP contribution in [0.5, 0.6) is 11.5 Å². The van der Waals surface area contributed by atoms with Crippen molar-refractivity contribution in [3.63, 3.8) is 0 Å². The fourth-order valence-electron chi connectivity index (χ4n) is 1.57. The summed E-state index contributed by atoms with van der Waals surface area (Å²) in [7, 11) is 0. The first-order valence-electron chi connectivity index (χ1n) is 7.73. The Morgan fingerprint density at radius 2 is 1.54 bits per heavy atom. The first kappa shape index (κ1) is 21.7. The Balaban J connectivity index is 0.000000754. The molecular formula is C16H26N2O6. The van der Waals surface area contributed by atoms with Crippen LogP contribution in [-0.4, -0.2) is 55.0 Å². The molecule has 0 atom stereocenters. The van der Waals surface area contributed by atoms with Crippen molar-refractivity contribution in [3.05, 3.63) is 24.3 Å². The Morgan fingerprint density at radius 3 is 2.00 bits per heavy atom. The molecule has 0 spiro atoms. The lowest BCUT2D eigenvalue weighted by Crippen LogP contribution is -2.23. The molecule has 0 aliphatic carbocycles. The van der Waals surface area contributed by atoms with Gasteiger partial charge in [0.05, 0.1) is 13.2 Å². The van der Waals surface area contributed by atoms with E-state index >= 15 is 0 Å². The summed E-state index contributed by atoms with van der Waals surface area (Å²) >= 11 is 0. The number of nitrogens with two attached hydrogens (primary N) is 1. The first-order valence-corrected chi connectivity index (χ1v) is 7.73. The quantitative estimate of drug-likeness (QED) is 0.365. The molecule has 1 rings (SSSR count). The van der Waals surface area contributed by atoms with Gasteiger partial charge in [0.2, 0.25) is 0 Å². The highest BCUT2D eigenvalue weighted by molar-refractivity contribution is 6.27. The summed E-state index contributed by atoms with van der Waals surface area (Å²) in [5, 5.41) is 18.0. The number of nitrogens with one attached hydrogen (secondary N) is 1. The molecule has 0 heterocycles. The highest BCUT2D eigenvalue weighted by Gasteiger charge is 2.04. The van der Waals surface area contributed by atoms with Crippen LogP contribution in [0.1, 0.15) is 19.8 Å². The van der Waals surface area contributed by atoms with E-state index in [2.05, 4.69) is 5.32 Å². The van der Waals surface area contributed by atoms with Crippen LogP contribution in [0, 0.1) is 0 Å². The van der Waals surface area contributed by atoms with Gasteiger partial charge in [0.1, 0.15) is 11.5 Å². The minimum absolute atomic E-state index is 0.690. The molecule has 8 heteroatoms. The van der Waals surface area contributed by atoms with Gasteiger partial charge in [-0.1, -0.05) is 0 Å². The summed E-state index contributed by atoms with van der Waals surface area (Å²) < 4.78 is 11.0. The highest BCUT2D eigenvalue weighted by atomic mass is 16.5. The summed E-state index contributed by atoms with van der Waals surface area (Å²) in [6.07, 6.45) is 2.15. The average Bonchev–Trinajstić information content (AvgIpc) is 2.56. The normalized spacial score (nSPS) is 9.58. The summed E-state index contributed by atoms with van der Waals surface area (Å²) in [6, 6.07) is 7.75. The molecule has 0 aliphatic rings. The molecule has 0 bridgehead atoms. The standard InChI is InChI=1S/C14H24N2O2.C2H2O4/c1-2-17-13-5-7-14(8-6-13)18-12-4-3-10-16-11-9-15;3-1(4)2(5)6/h5-8,16H,2-4,9-12,15H2,1H3;(H,3,4)(H,5,6). The number of benzene rings is 1. The SMILES string of the molecule is CCOc1ccc(OCCCCNCCN)cc1.O=C(O)C(=O)O. The maximum atomic E-state index is 9.10. The van der Waals surface area contributed by atoms with E-state index in [0.29, 0.717) is 13.2 Å². The maximum absolute atomic E-state index is 9.10. The van der Waals surface area contributed by atoms with Crippen LogP contribution in [0.3, 0.4) is 0 Å². The van der Waals surface area contributed by atoms with Crippen molar-refractivity contribution < 1.29 is 29.3 Å². The third kappa shape index (κ3) is 12.2. The molecule has 0 radical (unpaired) electrons. The summed E-state index contributed by atoms with van der Waals surface area (Å²) in [5.74, 6) is -1.87. The van der Waals surface area contributed by atoms with Crippen LogP contribution < -0.4 is 20.5 Å². The maximum Gasteiger partial charge on any atom is 0.414 e. The fraction of sp³-hybridized carbons (Fsp3) is 0.500. The number of carboxylic acids is 2. The molecule has 1 aromatic rings. The van der Waals surface area contributed by atoms with E-state index in [1.165, 1.54) is 0 Å². The molecule has 0 aliphatic heterocycles. The zero-order valence-corrected chi connectivity index (χ0v) is 13.9. The van der Waals surface area contributed by atoms with Crippen LogP contribution in [-0.2, 0) is 9.59 Å².